The molecule has 2 rings (SSSR count). The van der Waals surface area contributed by atoms with E-state index in [9.17, 15) is 10.1 Å². The highest BCUT2D eigenvalue weighted by atomic mass is 16.1. The van der Waals surface area contributed by atoms with E-state index in [0.717, 1.165) is 19.3 Å². The third kappa shape index (κ3) is 2.92. The number of benzene rings is 1. The van der Waals surface area contributed by atoms with Gasteiger partial charge >= 0.3 is 0 Å². The highest BCUT2D eigenvalue weighted by Gasteiger charge is 2.33. The van der Waals surface area contributed by atoms with Crippen LogP contribution in [0, 0.1) is 22.7 Å². The molecular formula is C15H15N3O. The molecule has 1 aliphatic carbocycles. The van der Waals surface area contributed by atoms with Crippen molar-refractivity contribution < 1.29 is 4.79 Å². The first-order valence-corrected chi connectivity index (χ1v) is 6.43. The Morgan fingerprint density at radius 3 is 2.26 bits per heavy atom. The quantitative estimate of drug-likeness (QED) is 0.879. The van der Waals surface area contributed by atoms with Crippen molar-refractivity contribution >= 4 is 5.91 Å². The highest BCUT2D eigenvalue weighted by Crippen LogP contribution is 2.27. The van der Waals surface area contributed by atoms with Crippen molar-refractivity contribution in [3.05, 3.63) is 35.4 Å². The van der Waals surface area contributed by atoms with Gasteiger partial charge in [-0.05, 0) is 37.1 Å². The summed E-state index contributed by atoms with van der Waals surface area (Å²) in [5.41, 5.74) is 0.284. The summed E-state index contributed by atoms with van der Waals surface area (Å²) in [7, 11) is 0. The first kappa shape index (κ1) is 13.1. The van der Waals surface area contributed by atoms with E-state index < -0.39 is 5.54 Å². The van der Waals surface area contributed by atoms with Crippen LogP contribution in [-0.4, -0.2) is 11.4 Å². The fourth-order valence-corrected chi connectivity index (χ4v) is 2.41. The van der Waals surface area contributed by atoms with Gasteiger partial charge < -0.3 is 5.32 Å². The Kier molecular flexibility index (Phi) is 3.82. The lowest BCUT2D eigenvalue weighted by Crippen LogP contribution is -2.48. The summed E-state index contributed by atoms with van der Waals surface area (Å²) in [6.45, 7) is 0. The maximum atomic E-state index is 12.1. The van der Waals surface area contributed by atoms with Gasteiger partial charge in [-0.2, -0.15) is 10.5 Å². The maximum Gasteiger partial charge on any atom is 0.252 e. The molecule has 0 unspecified atom stereocenters. The average Bonchev–Trinajstić information content (AvgIpc) is 2.48. The molecule has 1 aliphatic rings. The first-order valence-electron chi connectivity index (χ1n) is 6.43. The third-order valence-electron chi connectivity index (χ3n) is 3.55. The van der Waals surface area contributed by atoms with E-state index in [1.165, 1.54) is 0 Å². The van der Waals surface area contributed by atoms with Crippen LogP contribution in [0.2, 0.25) is 0 Å². The van der Waals surface area contributed by atoms with Crippen LogP contribution in [0.15, 0.2) is 24.3 Å². The molecule has 4 nitrogen and oxygen atoms in total. The van der Waals surface area contributed by atoms with Crippen molar-refractivity contribution in [3.8, 4) is 12.1 Å². The van der Waals surface area contributed by atoms with Crippen molar-refractivity contribution in [2.75, 3.05) is 0 Å². The predicted molar refractivity (Wildman–Crippen MR) is 70.1 cm³/mol. The molecular weight excluding hydrogens is 238 g/mol. The monoisotopic (exact) mass is 253 g/mol. The van der Waals surface area contributed by atoms with E-state index in [0.29, 0.717) is 24.0 Å². The zero-order valence-electron chi connectivity index (χ0n) is 10.6. The fourth-order valence-electron chi connectivity index (χ4n) is 2.41. The maximum absolute atomic E-state index is 12.1. The third-order valence-corrected chi connectivity index (χ3v) is 3.55. The molecule has 0 saturated heterocycles. The number of hydrogen-bond donors (Lipinski definition) is 1. The minimum absolute atomic E-state index is 0.243. The van der Waals surface area contributed by atoms with E-state index >= 15 is 0 Å². The van der Waals surface area contributed by atoms with Crippen LogP contribution in [-0.2, 0) is 0 Å². The Hall–Kier alpha value is -2.33. The predicted octanol–water partition coefficient (Wildman–Crippen LogP) is 2.51. The zero-order valence-corrected chi connectivity index (χ0v) is 10.6. The summed E-state index contributed by atoms with van der Waals surface area (Å²) in [6, 6.07) is 10.7. The smallest absolute Gasteiger partial charge is 0.252 e. The largest absolute Gasteiger partial charge is 0.334 e. The number of hydrogen-bond acceptors (Lipinski definition) is 3. The summed E-state index contributed by atoms with van der Waals surface area (Å²) < 4.78 is 0. The number of nitriles is 2. The lowest BCUT2D eigenvalue weighted by Gasteiger charge is -2.31. The van der Waals surface area contributed by atoms with Crippen LogP contribution in [0.4, 0.5) is 0 Å². The number of carbonyl (C=O) groups excluding carboxylic acids is 1. The number of nitrogens with zero attached hydrogens (tertiary/aromatic N) is 2. The van der Waals surface area contributed by atoms with Crippen LogP contribution in [0.3, 0.4) is 0 Å². The standard InChI is InChI=1S/C15H15N3O/c16-10-12-4-6-13(7-5-12)14(19)18-15(11-17)8-2-1-3-9-15/h4-7H,1-3,8-9H2,(H,18,19). The molecule has 1 amide bonds. The van der Waals surface area contributed by atoms with E-state index in [1.54, 1.807) is 24.3 Å². The van der Waals surface area contributed by atoms with Crippen LogP contribution >= 0.6 is 0 Å². The molecule has 0 atom stereocenters. The second kappa shape index (κ2) is 5.54. The molecule has 1 fully saturated rings. The Balaban J connectivity index is 2.11. The van der Waals surface area contributed by atoms with Gasteiger partial charge in [-0.3, -0.25) is 4.79 Å². The SMILES string of the molecule is N#Cc1ccc(C(=O)NC2(C#N)CCCCC2)cc1. The molecule has 19 heavy (non-hydrogen) atoms. The summed E-state index contributed by atoms with van der Waals surface area (Å²) in [4.78, 5) is 12.1. The van der Waals surface area contributed by atoms with Crippen LogP contribution in [0.25, 0.3) is 0 Å². The summed E-state index contributed by atoms with van der Waals surface area (Å²) in [6.07, 6.45) is 4.50. The van der Waals surface area contributed by atoms with Crippen LogP contribution in [0.5, 0.6) is 0 Å². The number of nitrogens with one attached hydrogen (secondary N) is 1. The van der Waals surface area contributed by atoms with Crippen LogP contribution in [0.1, 0.15) is 48.0 Å². The second-order valence-corrected chi connectivity index (χ2v) is 4.90. The van der Waals surface area contributed by atoms with Gasteiger partial charge in [0.2, 0.25) is 0 Å². The molecule has 0 aliphatic heterocycles. The van der Waals surface area contributed by atoms with Crippen molar-refractivity contribution in [2.45, 2.75) is 37.6 Å². The Morgan fingerprint density at radius 1 is 1.11 bits per heavy atom. The van der Waals surface area contributed by atoms with Gasteiger partial charge in [0.25, 0.3) is 5.91 Å². The van der Waals surface area contributed by atoms with Gasteiger partial charge in [0.15, 0.2) is 0 Å². The molecule has 1 aromatic rings. The minimum atomic E-state index is -0.719. The second-order valence-electron chi connectivity index (χ2n) is 4.90. The Labute approximate surface area is 112 Å². The topological polar surface area (TPSA) is 76.7 Å². The van der Waals surface area contributed by atoms with Gasteiger partial charge in [-0.1, -0.05) is 19.3 Å². The molecule has 1 N–H and O–H groups in total. The number of rotatable bonds is 2. The van der Waals surface area contributed by atoms with E-state index in [4.69, 9.17) is 5.26 Å². The molecule has 1 saturated carbocycles. The van der Waals surface area contributed by atoms with Crippen molar-refractivity contribution in [1.29, 1.82) is 10.5 Å². The minimum Gasteiger partial charge on any atom is -0.334 e. The lowest BCUT2D eigenvalue weighted by molar-refractivity contribution is 0.0902. The normalized spacial score (nSPS) is 16.9. The molecule has 1 aromatic carbocycles. The summed E-state index contributed by atoms with van der Waals surface area (Å²) >= 11 is 0. The van der Waals surface area contributed by atoms with E-state index in [2.05, 4.69) is 11.4 Å². The summed E-state index contributed by atoms with van der Waals surface area (Å²) in [5.74, 6) is -0.243. The Morgan fingerprint density at radius 2 is 1.74 bits per heavy atom. The van der Waals surface area contributed by atoms with Gasteiger partial charge in [-0.25, -0.2) is 0 Å². The molecule has 0 spiro atoms. The molecule has 0 radical (unpaired) electrons. The average molecular weight is 253 g/mol. The summed E-state index contributed by atoms with van der Waals surface area (Å²) in [5, 5.41) is 20.9. The van der Waals surface area contributed by atoms with Crippen molar-refractivity contribution in [1.82, 2.24) is 5.32 Å². The van der Waals surface area contributed by atoms with Gasteiger partial charge in [0, 0.05) is 5.56 Å². The highest BCUT2D eigenvalue weighted by molar-refractivity contribution is 5.95. The van der Waals surface area contributed by atoms with Gasteiger partial charge in [0.1, 0.15) is 5.54 Å². The first-order chi connectivity index (χ1) is 9.19. The molecule has 4 heteroatoms. The van der Waals surface area contributed by atoms with Crippen molar-refractivity contribution in [2.24, 2.45) is 0 Å². The van der Waals surface area contributed by atoms with Gasteiger partial charge in [0.05, 0.1) is 17.7 Å². The molecule has 96 valence electrons. The molecule has 0 heterocycles. The Bertz CT molecular complexity index is 542. The molecule has 0 bridgehead atoms. The zero-order chi connectivity index (χ0) is 13.7. The van der Waals surface area contributed by atoms with E-state index in [1.807, 2.05) is 6.07 Å². The van der Waals surface area contributed by atoms with Crippen LogP contribution < -0.4 is 5.32 Å². The van der Waals surface area contributed by atoms with Crippen molar-refractivity contribution in [3.63, 3.8) is 0 Å². The lowest BCUT2D eigenvalue weighted by atomic mass is 9.82. The number of carbonyl (C=O) groups is 1. The fraction of sp³-hybridized carbons (Fsp3) is 0.400. The molecule has 0 aromatic heterocycles. The number of amides is 1. The van der Waals surface area contributed by atoms with Gasteiger partial charge in [-0.15, -0.1) is 0 Å². The van der Waals surface area contributed by atoms with E-state index in [-0.39, 0.29) is 5.91 Å².